The Morgan fingerprint density at radius 2 is 2.06 bits per heavy atom. The van der Waals surface area contributed by atoms with Gasteiger partial charge in [0.25, 0.3) is 5.69 Å². The number of carbonyl (C=O) groups is 1. The molecule has 0 saturated heterocycles. The lowest BCUT2D eigenvalue weighted by atomic mass is 10.2. The number of nitrogens with one attached hydrogen (secondary N) is 2. The molecule has 0 bridgehead atoms. The van der Waals surface area contributed by atoms with Gasteiger partial charge in [0.1, 0.15) is 0 Å². The third kappa shape index (κ3) is 4.38. The molecule has 0 atom stereocenters. The van der Waals surface area contributed by atoms with Crippen molar-refractivity contribution in [2.75, 3.05) is 13.2 Å². The van der Waals surface area contributed by atoms with Crippen LogP contribution in [-0.4, -0.2) is 29.2 Å². The van der Waals surface area contributed by atoms with Crippen LogP contribution in [0.25, 0.3) is 0 Å². The largest absolute Gasteiger partial charge is 0.396 e. The molecule has 0 spiro atoms. The van der Waals surface area contributed by atoms with Crippen LogP contribution in [0.3, 0.4) is 0 Å². The molecule has 0 saturated carbocycles. The Morgan fingerprint density at radius 3 is 2.72 bits per heavy atom. The lowest BCUT2D eigenvalue weighted by Gasteiger charge is -2.07. The SMILES string of the molecule is O=C(NCCCO)NCc1ccccc1[N+](=O)[O-]. The standard InChI is InChI=1S/C11H15N3O4/c15-7-3-6-12-11(16)13-8-9-4-1-2-5-10(9)14(17)18/h1-2,4-5,15H,3,6-8H2,(H2,12,13,16). The number of nitro groups is 1. The summed E-state index contributed by atoms with van der Waals surface area (Å²) >= 11 is 0. The lowest BCUT2D eigenvalue weighted by molar-refractivity contribution is -0.385. The van der Waals surface area contributed by atoms with E-state index in [-0.39, 0.29) is 18.8 Å². The zero-order valence-corrected chi connectivity index (χ0v) is 9.76. The van der Waals surface area contributed by atoms with E-state index in [1.807, 2.05) is 0 Å². The summed E-state index contributed by atoms with van der Waals surface area (Å²) in [4.78, 5) is 21.5. The first kappa shape index (κ1) is 13.9. The fourth-order valence-corrected chi connectivity index (χ4v) is 1.36. The van der Waals surface area contributed by atoms with Gasteiger partial charge in [-0.05, 0) is 6.42 Å². The van der Waals surface area contributed by atoms with Crippen molar-refractivity contribution in [3.63, 3.8) is 0 Å². The van der Waals surface area contributed by atoms with Gasteiger partial charge in [-0.2, -0.15) is 0 Å². The van der Waals surface area contributed by atoms with Gasteiger partial charge < -0.3 is 15.7 Å². The van der Waals surface area contributed by atoms with Crippen LogP contribution in [0, 0.1) is 10.1 Å². The first-order chi connectivity index (χ1) is 8.65. The minimum absolute atomic E-state index is 0.00440. The molecule has 7 heteroatoms. The van der Waals surface area contributed by atoms with Gasteiger partial charge in [0, 0.05) is 24.8 Å². The van der Waals surface area contributed by atoms with Crippen LogP contribution < -0.4 is 10.6 Å². The van der Waals surface area contributed by atoms with E-state index in [0.29, 0.717) is 18.5 Å². The van der Waals surface area contributed by atoms with Gasteiger partial charge in [-0.1, -0.05) is 18.2 Å². The minimum Gasteiger partial charge on any atom is -0.396 e. The minimum atomic E-state index is -0.485. The van der Waals surface area contributed by atoms with Gasteiger partial charge in [-0.15, -0.1) is 0 Å². The Morgan fingerprint density at radius 1 is 1.33 bits per heavy atom. The molecule has 2 amide bonds. The van der Waals surface area contributed by atoms with Crippen molar-refractivity contribution in [3.8, 4) is 0 Å². The number of hydrogen-bond donors (Lipinski definition) is 3. The highest BCUT2D eigenvalue weighted by Gasteiger charge is 2.12. The van der Waals surface area contributed by atoms with E-state index in [9.17, 15) is 14.9 Å². The van der Waals surface area contributed by atoms with Crippen LogP contribution in [0.2, 0.25) is 0 Å². The fourth-order valence-electron chi connectivity index (χ4n) is 1.36. The number of amides is 2. The van der Waals surface area contributed by atoms with Crippen molar-refractivity contribution in [2.45, 2.75) is 13.0 Å². The third-order valence-corrected chi connectivity index (χ3v) is 2.25. The third-order valence-electron chi connectivity index (χ3n) is 2.25. The number of urea groups is 1. The van der Waals surface area contributed by atoms with Gasteiger partial charge in [0.2, 0.25) is 0 Å². The highest BCUT2D eigenvalue weighted by Crippen LogP contribution is 2.16. The number of aliphatic hydroxyl groups is 1. The average Bonchev–Trinajstić information content (AvgIpc) is 2.37. The van der Waals surface area contributed by atoms with Crippen LogP contribution in [0.15, 0.2) is 24.3 Å². The molecule has 98 valence electrons. The van der Waals surface area contributed by atoms with Crippen molar-refractivity contribution in [1.82, 2.24) is 10.6 Å². The monoisotopic (exact) mass is 253 g/mol. The van der Waals surface area contributed by atoms with Crippen molar-refractivity contribution in [1.29, 1.82) is 0 Å². The topological polar surface area (TPSA) is 104 Å². The summed E-state index contributed by atoms with van der Waals surface area (Å²) in [6.45, 7) is 0.450. The van der Waals surface area contributed by atoms with Crippen LogP contribution in [0.5, 0.6) is 0 Å². The molecule has 0 aliphatic carbocycles. The van der Waals surface area contributed by atoms with E-state index >= 15 is 0 Å². The molecule has 1 aromatic carbocycles. The van der Waals surface area contributed by atoms with Crippen molar-refractivity contribution in [3.05, 3.63) is 39.9 Å². The average molecular weight is 253 g/mol. The van der Waals surface area contributed by atoms with Crippen molar-refractivity contribution < 1.29 is 14.8 Å². The highest BCUT2D eigenvalue weighted by molar-refractivity contribution is 5.73. The molecular formula is C11H15N3O4. The number of benzene rings is 1. The molecule has 0 radical (unpaired) electrons. The maximum atomic E-state index is 11.3. The first-order valence-corrected chi connectivity index (χ1v) is 5.50. The van der Waals surface area contributed by atoms with Gasteiger partial charge in [-0.25, -0.2) is 4.79 Å². The van der Waals surface area contributed by atoms with E-state index in [1.54, 1.807) is 18.2 Å². The molecule has 3 N–H and O–H groups in total. The molecular weight excluding hydrogens is 238 g/mol. The number of rotatable bonds is 6. The molecule has 18 heavy (non-hydrogen) atoms. The van der Waals surface area contributed by atoms with Crippen molar-refractivity contribution in [2.24, 2.45) is 0 Å². The summed E-state index contributed by atoms with van der Waals surface area (Å²) in [5.74, 6) is 0. The number of carbonyl (C=O) groups excluding carboxylic acids is 1. The molecule has 0 aliphatic heterocycles. The van der Waals surface area contributed by atoms with E-state index in [2.05, 4.69) is 10.6 Å². The van der Waals surface area contributed by atoms with E-state index in [0.717, 1.165) is 0 Å². The van der Waals surface area contributed by atoms with Gasteiger partial charge in [0.15, 0.2) is 0 Å². The fraction of sp³-hybridized carbons (Fsp3) is 0.364. The van der Waals surface area contributed by atoms with E-state index in [1.165, 1.54) is 6.07 Å². The molecule has 1 aromatic rings. The van der Waals surface area contributed by atoms with Crippen LogP contribution in [0.1, 0.15) is 12.0 Å². The molecule has 0 aliphatic rings. The quantitative estimate of drug-likeness (QED) is 0.395. The number of para-hydroxylation sites is 1. The predicted octanol–water partition coefficient (Wildman–Crippen LogP) is 0.776. The maximum Gasteiger partial charge on any atom is 0.315 e. The van der Waals surface area contributed by atoms with Gasteiger partial charge in [0.05, 0.1) is 11.5 Å². The summed E-state index contributed by atoms with van der Waals surface area (Å²) in [6, 6.07) is 5.81. The summed E-state index contributed by atoms with van der Waals surface area (Å²) < 4.78 is 0. The smallest absolute Gasteiger partial charge is 0.315 e. The number of nitro benzene ring substituents is 1. The predicted molar refractivity (Wildman–Crippen MR) is 65.0 cm³/mol. The molecule has 0 heterocycles. The van der Waals surface area contributed by atoms with E-state index in [4.69, 9.17) is 5.11 Å². The number of hydrogen-bond acceptors (Lipinski definition) is 4. The van der Waals surface area contributed by atoms with E-state index < -0.39 is 11.0 Å². The Balaban J connectivity index is 2.48. The summed E-state index contributed by atoms with van der Waals surface area (Å²) in [7, 11) is 0. The van der Waals surface area contributed by atoms with Crippen LogP contribution in [0.4, 0.5) is 10.5 Å². The van der Waals surface area contributed by atoms with Gasteiger partial charge in [-0.3, -0.25) is 10.1 Å². The molecule has 7 nitrogen and oxygen atoms in total. The number of aliphatic hydroxyl groups excluding tert-OH is 1. The van der Waals surface area contributed by atoms with Crippen LogP contribution >= 0.6 is 0 Å². The normalized spacial score (nSPS) is 9.83. The Labute approximate surface area is 104 Å². The molecule has 0 fully saturated rings. The highest BCUT2D eigenvalue weighted by atomic mass is 16.6. The summed E-state index contributed by atoms with van der Waals surface area (Å²) in [5, 5.41) is 24.3. The maximum absolute atomic E-state index is 11.3. The second kappa shape index (κ2) is 7.23. The summed E-state index contributed by atoms with van der Waals surface area (Å²) in [5.41, 5.74) is 0.424. The Kier molecular flexibility index (Phi) is 5.59. The van der Waals surface area contributed by atoms with Crippen molar-refractivity contribution >= 4 is 11.7 Å². The second-order valence-electron chi connectivity index (χ2n) is 3.57. The molecule has 1 rings (SSSR count). The van der Waals surface area contributed by atoms with Gasteiger partial charge >= 0.3 is 6.03 Å². The molecule has 0 aromatic heterocycles. The summed E-state index contributed by atoms with van der Waals surface area (Å²) in [6.07, 6.45) is 0.471. The van der Waals surface area contributed by atoms with Crippen LogP contribution in [-0.2, 0) is 6.54 Å². The zero-order valence-electron chi connectivity index (χ0n) is 9.76. The Hall–Kier alpha value is -2.15. The first-order valence-electron chi connectivity index (χ1n) is 5.50. The Bertz CT molecular complexity index is 423. The second-order valence-corrected chi connectivity index (χ2v) is 3.57. The lowest BCUT2D eigenvalue weighted by Crippen LogP contribution is -2.35. The zero-order chi connectivity index (χ0) is 13.4. The number of nitrogens with zero attached hydrogens (tertiary/aromatic N) is 1. The molecule has 0 unspecified atom stereocenters.